The second kappa shape index (κ2) is 4.42. The maximum absolute atomic E-state index is 13.0. The Hall–Kier alpha value is -2.28. The van der Waals surface area contributed by atoms with Crippen molar-refractivity contribution in [3.05, 3.63) is 33.9 Å². The molecule has 0 radical (unpaired) electrons. The fourth-order valence-corrected chi connectivity index (χ4v) is 4.71. The quantitative estimate of drug-likeness (QED) is 0.472. The number of benzene rings is 1. The van der Waals surface area contributed by atoms with Crippen molar-refractivity contribution in [2.45, 2.75) is 44.8 Å². The number of fused-ring (bicyclic) bond motifs is 5. The zero-order chi connectivity index (χ0) is 17.4. The smallest absolute Gasteiger partial charge is 0.269 e. The van der Waals surface area contributed by atoms with E-state index in [4.69, 9.17) is 4.74 Å². The Kier molecular flexibility index (Phi) is 2.81. The van der Waals surface area contributed by atoms with Crippen molar-refractivity contribution in [2.75, 3.05) is 4.90 Å². The van der Waals surface area contributed by atoms with Crippen LogP contribution >= 0.6 is 0 Å². The number of non-ortho nitro benzene ring substituents is 1. The van der Waals surface area contributed by atoms with Gasteiger partial charge in [0.15, 0.2) is 0 Å². The van der Waals surface area contributed by atoms with Crippen molar-refractivity contribution in [3.8, 4) is 0 Å². The maximum atomic E-state index is 13.0. The van der Waals surface area contributed by atoms with E-state index in [9.17, 15) is 19.7 Å². The first-order chi connectivity index (χ1) is 11.2. The summed E-state index contributed by atoms with van der Waals surface area (Å²) in [6, 6.07) is 4.20. The summed E-state index contributed by atoms with van der Waals surface area (Å²) >= 11 is 0. The third-order valence-corrected chi connectivity index (χ3v) is 5.84. The zero-order valence-corrected chi connectivity index (χ0v) is 13.7. The Labute approximate surface area is 138 Å². The number of nitro benzene ring substituents is 1. The zero-order valence-electron chi connectivity index (χ0n) is 13.7. The highest BCUT2D eigenvalue weighted by molar-refractivity contribution is 6.23. The molecule has 7 nitrogen and oxygen atoms in total. The second-order valence-electron chi connectivity index (χ2n) is 7.42. The van der Waals surface area contributed by atoms with Gasteiger partial charge in [0.2, 0.25) is 11.8 Å². The van der Waals surface area contributed by atoms with Crippen molar-refractivity contribution in [1.82, 2.24) is 0 Å². The molecule has 0 aromatic heterocycles. The molecule has 3 heterocycles. The molecule has 2 amide bonds. The van der Waals surface area contributed by atoms with E-state index in [1.54, 1.807) is 6.92 Å². The summed E-state index contributed by atoms with van der Waals surface area (Å²) in [5.74, 6) is -1.46. The SMILES string of the molecule is Cc1cc([N+](=O)[O-])ccc1N1C(=O)C2C(C1=O)C1(C)CCC2(C)O1. The van der Waals surface area contributed by atoms with E-state index in [0.29, 0.717) is 11.3 Å². The molecular formula is C17H18N2O5. The minimum atomic E-state index is -0.602. The Morgan fingerprint density at radius 1 is 1.17 bits per heavy atom. The van der Waals surface area contributed by atoms with Gasteiger partial charge in [0.05, 0.1) is 33.6 Å². The van der Waals surface area contributed by atoms with E-state index in [1.807, 2.05) is 13.8 Å². The van der Waals surface area contributed by atoms with Gasteiger partial charge in [-0.1, -0.05) is 0 Å². The lowest BCUT2D eigenvalue weighted by Gasteiger charge is -2.27. The number of imide groups is 1. The predicted octanol–water partition coefficient (Wildman–Crippen LogP) is 2.35. The Balaban J connectivity index is 1.78. The monoisotopic (exact) mass is 330 g/mol. The molecule has 4 atom stereocenters. The van der Waals surface area contributed by atoms with Crippen LogP contribution in [0.1, 0.15) is 32.3 Å². The van der Waals surface area contributed by atoms with Crippen LogP contribution in [0.5, 0.6) is 0 Å². The standard InChI is InChI=1S/C17H18N2O5/c1-9-8-10(19(22)23)4-5-11(9)18-14(20)12-13(15(18)21)17(3)7-6-16(12,2)24-17/h4-5,8,12-13H,6-7H2,1-3H3. The molecule has 4 unspecified atom stereocenters. The van der Waals surface area contributed by atoms with Crippen molar-refractivity contribution >= 4 is 23.2 Å². The molecular weight excluding hydrogens is 312 g/mol. The summed E-state index contributed by atoms with van der Waals surface area (Å²) in [7, 11) is 0. The first-order valence-corrected chi connectivity index (χ1v) is 8.01. The molecule has 3 aliphatic rings. The van der Waals surface area contributed by atoms with Gasteiger partial charge in [-0.15, -0.1) is 0 Å². The molecule has 3 aliphatic heterocycles. The number of rotatable bonds is 2. The molecule has 0 saturated carbocycles. The summed E-state index contributed by atoms with van der Waals surface area (Å²) < 4.78 is 6.06. The predicted molar refractivity (Wildman–Crippen MR) is 84.4 cm³/mol. The lowest BCUT2D eigenvalue weighted by atomic mass is 9.69. The lowest BCUT2D eigenvalue weighted by Crippen LogP contribution is -2.40. The van der Waals surface area contributed by atoms with Crippen LogP contribution in [0.25, 0.3) is 0 Å². The van der Waals surface area contributed by atoms with Crippen molar-refractivity contribution < 1.29 is 19.2 Å². The van der Waals surface area contributed by atoms with Crippen LogP contribution in [-0.2, 0) is 14.3 Å². The highest BCUT2D eigenvalue weighted by atomic mass is 16.6. The first kappa shape index (κ1) is 15.3. The van der Waals surface area contributed by atoms with Crippen LogP contribution in [0.15, 0.2) is 18.2 Å². The summed E-state index contributed by atoms with van der Waals surface area (Å²) in [5, 5.41) is 10.9. The van der Waals surface area contributed by atoms with Crippen LogP contribution in [0.2, 0.25) is 0 Å². The van der Waals surface area contributed by atoms with Crippen molar-refractivity contribution in [2.24, 2.45) is 11.8 Å². The van der Waals surface area contributed by atoms with E-state index >= 15 is 0 Å². The fourth-order valence-electron chi connectivity index (χ4n) is 4.71. The molecule has 3 saturated heterocycles. The molecule has 2 bridgehead atoms. The van der Waals surface area contributed by atoms with Crippen LogP contribution in [0.3, 0.4) is 0 Å². The van der Waals surface area contributed by atoms with Gasteiger partial charge in [-0.3, -0.25) is 19.7 Å². The van der Waals surface area contributed by atoms with Gasteiger partial charge < -0.3 is 4.74 Å². The van der Waals surface area contributed by atoms with Gasteiger partial charge in [-0.2, -0.15) is 0 Å². The molecule has 1 aromatic rings. The number of amides is 2. The van der Waals surface area contributed by atoms with Gasteiger partial charge in [-0.05, 0) is 45.2 Å². The minimum Gasteiger partial charge on any atom is -0.367 e. The Morgan fingerprint density at radius 2 is 1.71 bits per heavy atom. The molecule has 24 heavy (non-hydrogen) atoms. The van der Waals surface area contributed by atoms with Crippen LogP contribution in [0, 0.1) is 28.9 Å². The fraction of sp³-hybridized carbons (Fsp3) is 0.529. The molecule has 0 N–H and O–H groups in total. The molecule has 7 heteroatoms. The molecule has 1 aromatic carbocycles. The van der Waals surface area contributed by atoms with Gasteiger partial charge >= 0.3 is 0 Å². The first-order valence-electron chi connectivity index (χ1n) is 8.01. The topological polar surface area (TPSA) is 89.8 Å². The number of carbonyl (C=O) groups excluding carboxylic acids is 2. The van der Waals surface area contributed by atoms with Crippen LogP contribution < -0.4 is 4.90 Å². The van der Waals surface area contributed by atoms with Crippen molar-refractivity contribution in [1.29, 1.82) is 0 Å². The third-order valence-electron chi connectivity index (χ3n) is 5.84. The lowest BCUT2D eigenvalue weighted by molar-refractivity contribution is -0.384. The molecule has 126 valence electrons. The highest BCUT2D eigenvalue weighted by Crippen LogP contribution is 2.61. The molecule has 0 spiro atoms. The average Bonchev–Trinajstić information content (AvgIpc) is 3.04. The number of anilines is 1. The summed E-state index contributed by atoms with van der Waals surface area (Å²) in [6.07, 6.45) is 1.52. The number of hydrogen-bond acceptors (Lipinski definition) is 5. The molecule has 3 fully saturated rings. The normalized spacial score (nSPS) is 37.2. The van der Waals surface area contributed by atoms with E-state index in [1.165, 1.54) is 23.1 Å². The molecule has 4 rings (SSSR count). The van der Waals surface area contributed by atoms with E-state index in [2.05, 4.69) is 0 Å². The number of nitro groups is 1. The largest absolute Gasteiger partial charge is 0.367 e. The van der Waals surface area contributed by atoms with Gasteiger partial charge in [-0.25, -0.2) is 4.90 Å². The van der Waals surface area contributed by atoms with Crippen LogP contribution in [0.4, 0.5) is 11.4 Å². The van der Waals surface area contributed by atoms with Gasteiger partial charge in [0.25, 0.3) is 5.69 Å². The maximum Gasteiger partial charge on any atom is 0.269 e. The van der Waals surface area contributed by atoms with Gasteiger partial charge in [0, 0.05) is 12.1 Å². The minimum absolute atomic E-state index is 0.0575. The highest BCUT2D eigenvalue weighted by Gasteiger charge is 2.72. The molecule has 0 aliphatic carbocycles. The van der Waals surface area contributed by atoms with Crippen LogP contribution in [-0.4, -0.2) is 27.9 Å². The average molecular weight is 330 g/mol. The third kappa shape index (κ3) is 1.70. The summed E-state index contributed by atoms with van der Waals surface area (Å²) in [6.45, 7) is 5.48. The Morgan fingerprint density at radius 3 is 2.17 bits per heavy atom. The van der Waals surface area contributed by atoms with E-state index in [-0.39, 0.29) is 17.5 Å². The number of nitrogens with zero attached hydrogens (tertiary/aromatic N) is 2. The summed E-state index contributed by atoms with van der Waals surface area (Å²) in [5.41, 5.74) is -0.297. The van der Waals surface area contributed by atoms with E-state index < -0.39 is 28.0 Å². The second-order valence-corrected chi connectivity index (χ2v) is 7.42. The number of hydrogen-bond donors (Lipinski definition) is 0. The Bertz CT molecular complexity index is 772. The van der Waals surface area contributed by atoms with Crippen molar-refractivity contribution in [3.63, 3.8) is 0 Å². The summed E-state index contributed by atoms with van der Waals surface area (Å²) in [4.78, 5) is 37.6. The number of carbonyl (C=O) groups is 2. The number of aryl methyl sites for hydroxylation is 1. The van der Waals surface area contributed by atoms with E-state index in [0.717, 1.165) is 12.8 Å². The van der Waals surface area contributed by atoms with Gasteiger partial charge in [0.1, 0.15) is 0 Å². The number of ether oxygens (including phenoxy) is 1.